The molecular formula is C17H15N3O2. The molecule has 0 bridgehead atoms. The minimum atomic E-state index is -0.180. The van der Waals surface area contributed by atoms with Crippen molar-refractivity contribution in [2.24, 2.45) is 0 Å². The van der Waals surface area contributed by atoms with Crippen LogP contribution in [0, 0.1) is 0 Å². The van der Waals surface area contributed by atoms with Gasteiger partial charge < -0.3 is 9.73 Å². The number of anilines is 1. The van der Waals surface area contributed by atoms with E-state index in [2.05, 4.69) is 10.4 Å². The van der Waals surface area contributed by atoms with Gasteiger partial charge in [-0.05, 0) is 37.5 Å². The zero-order valence-electron chi connectivity index (χ0n) is 12.0. The molecule has 0 unspecified atom stereocenters. The topological polar surface area (TPSA) is 60.1 Å². The van der Waals surface area contributed by atoms with E-state index in [1.54, 1.807) is 6.07 Å². The first-order chi connectivity index (χ1) is 10.8. The number of hydrogen-bond donors (Lipinski definition) is 1. The molecule has 0 atom stereocenters. The summed E-state index contributed by atoms with van der Waals surface area (Å²) in [6, 6.07) is 11.5. The quantitative estimate of drug-likeness (QED) is 0.806. The second kappa shape index (κ2) is 5.18. The molecule has 1 aliphatic carbocycles. The van der Waals surface area contributed by atoms with Crippen LogP contribution in [0.3, 0.4) is 0 Å². The largest absolute Gasteiger partial charge is 0.472 e. The fourth-order valence-electron chi connectivity index (χ4n) is 2.85. The second-order valence-corrected chi connectivity index (χ2v) is 5.34. The van der Waals surface area contributed by atoms with E-state index in [1.165, 1.54) is 12.5 Å². The van der Waals surface area contributed by atoms with Gasteiger partial charge in [-0.25, -0.2) is 4.68 Å². The molecule has 0 saturated heterocycles. The van der Waals surface area contributed by atoms with Gasteiger partial charge >= 0.3 is 0 Å². The maximum absolute atomic E-state index is 12.3. The van der Waals surface area contributed by atoms with E-state index in [9.17, 15) is 4.79 Å². The lowest BCUT2D eigenvalue weighted by Gasteiger charge is -2.10. The number of para-hydroxylation sites is 1. The van der Waals surface area contributed by atoms with Gasteiger partial charge in [-0.3, -0.25) is 4.79 Å². The van der Waals surface area contributed by atoms with Gasteiger partial charge in [0.2, 0.25) is 0 Å². The summed E-state index contributed by atoms with van der Waals surface area (Å²) in [7, 11) is 0. The smallest absolute Gasteiger partial charge is 0.260 e. The maximum Gasteiger partial charge on any atom is 0.260 e. The summed E-state index contributed by atoms with van der Waals surface area (Å²) in [5, 5.41) is 7.67. The fourth-order valence-corrected chi connectivity index (χ4v) is 2.85. The highest BCUT2D eigenvalue weighted by atomic mass is 16.3. The summed E-state index contributed by atoms with van der Waals surface area (Å²) in [6.07, 6.45) is 5.93. The van der Waals surface area contributed by atoms with Gasteiger partial charge in [-0.2, -0.15) is 5.10 Å². The minimum absolute atomic E-state index is 0.180. The van der Waals surface area contributed by atoms with Crippen molar-refractivity contribution in [1.82, 2.24) is 9.78 Å². The number of aromatic nitrogens is 2. The summed E-state index contributed by atoms with van der Waals surface area (Å²) >= 11 is 0. The van der Waals surface area contributed by atoms with Crippen molar-refractivity contribution in [2.45, 2.75) is 19.3 Å². The molecule has 2 heterocycles. The molecule has 5 heteroatoms. The van der Waals surface area contributed by atoms with Crippen molar-refractivity contribution in [3.63, 3.8) is 0 Å². The molecule has 0 spiro atoms. The molecule has 22 heavy (non-hydrogen) atoms. The SMILES string of the molecule is O=C(Nc1c2c(nn1-c1ccccc1)CCC2)c1ccoc1. The minimum Gasteiger partial charge on any atom is -0.472 e. The van der Waals surface area contributed by atoms with Crippen LogP contribution in [0.5, 0.6) is 0 Å². The van der Waals surface area contributed by atoms with Gasteiger partial charge in [0.15, 0.2) is 0 Å². The van der Waals surface area contributed by atoms with Gasteiger partial charge in [0.05, 0.1) is 23.2 Å². The molecule has 1 N–H and O–H groups in total. The highest BCUT2D eigenvalue weighted by Crippen LogP contribution is 2.31. The Morgan fingerprint density at radius 1 is 1.18 bits per heavy atom. The molecule has 1 aliphatic rings. The molecule has 1 amide bonds. The van der Waals surface area contributed by atoms with Crippen molar-refractivity contribution < 1.29 is 9.21 Å². The molecule has 0 fully saturated rings. The number of rotatable bonds is 3. The summed E-state index contributed by atoms with van der Waals surface area (Å²) in [4.78, 5) is 12.3. The van der Waals surface area contributed by atoms with E-state index in [0.29, 0.717) is 5.56 Å². The molecule has 3 aromatic rings. The third kappa shape index (κ3) is 2.11. The molecule has 5 nitrogen and oxygen atoms in total. The third-order valence-electron chi connectivity index (χ3n) is 3.92. The number of nitrogens with zero attached hydrogens (tertiary/aromatic N) is 2. The maximum atomic E-state index is 12.3. The Kier molecular flexibility index (Phi) is 3.04. The number of benzene rings is 1. The zero-order valence-corrected chi connectivity index (χ0v) is 12.0. The average Bonchev–Trinajstić information content (AvgIpc) is 3.26. The first kappa shape index (κ1) is 12.9. The van der Waals surface area contributed by atoms with Crippen LogP contribution in [0.25, 0.3) is 5.69 Å². The third-order valence-corrected chi connectivity index (χ3v) is 3.92. The van der Waals surface area contributed by atoms with Crippen LogP contribution in [0.15, 0.2) is 53.3 Å². The summed E-state index contributed by atoms with van der Waals surface area (Å²) in [5.41, 5.74) is 3.67. The predicted octanol–water partition coefficient (Wildman–Crippen LogP) is 3.21. The molecule has 1 aromatic carbocycles. The Balaban J connectivity index is 1.76. The lowest BCUT2D eigenvalue weighted by molar-refractivity contribution is 0.102. The monoisotopic (exact) mass is 293 g/mol. The van der Waals surface area contributed by atoms with Crippen molar-refractivity contribution in [3.05, 3.63) is 65.7 Å². The van der Waals surface area contributed by atoms with Crippen LogP contribution in [-0.4, -0.2) is 15.7 Å². The van der Waals surface area contributed by atoms with Crippen LogP contribution in [0.1, 0.15) is 28.0 Å². The van der Waals surface area contributed by atoms with Gasteiger partial charge in [-0.1, -0.05) is 18.2 Å². The van der Waals surface area contributed by atoms with Crippen LogP contribution in [0.4, 0.5) is 5.82 Å². The second-order valence-electron chi connectivity index (χ2n) is 5.34. The number of carbonyl (C=O) groups excluding carboxylic acids is 1. The molecule has 0 radical (unpaired) electrons. The van der Waals surface area contributed by atoms with Crippen LogP contribution in [-0.2, 0) is 12.8 Å². The fraction of sp³-hybridized carbons (Fsp3) is 0.176. The van der Waals surface area contributed by atoms with Crippen LogP contribution >= 0.6 is 0 Å². The highest BCUT2D eigenvalue weighted by Gasteiger charge is 2.24. The number of hydrogen-bond acceptors (Lipinski definition) is 3. The molecular weight excluding hydrogens is 278 g/mol. The lowest BCUT2D eigenvalue weighted by Crippen LogP contribution is -2.15. The van der Waals surface area contributed by atoms with Crippen molar-refractivity contribution >= 4 is 11.7 Å². The summed E-state index contributed by atoms with van der Waals surface area (Å²) in [6.45, 7) is 0. The van der Waals surface area contributed by atoms with E-state index in [1.807, 2.05) is 35.0 Å². The van der Waals surface area contributed by atoms with E-state index in [4.69, 9.17) is 4.42 Å². The number of carbonyl (C=O) groups is 1. The van der Waals surface area contributed by atoms with E-state index >= 15 is 0 Å². The predicted molar refractivity (Wildman–Crippen MR) is 82.3 cm³/mol. The standard InChI is InChI=1S/C17H15N3O2/c21-17(12-9-10-22-11-12)18-16-14-7-4-8-15(14)19-20(16)13-5-2-1-3-6-13/h1-3,5-6,9-11H,4,7-8H2,(H,18,21). The Morgan fingerprint density at radius 2 is 2.05 bits per heavy atom. The van der Waals surface area contributed by atoms with Gasteiger partial charge in [0, 0.05) is 5.56 Å². The average molecular weight is 293 g/mol. The molecule has 0 aliphatic heterocycles. The van der Waals surface area contributed by atoms with Gasteiger partial charge in [0.1, 0.15) is 12.1 Å². The Morgan fingerprint density at radius 3 is 2.82 bits per heavy atom. The van der Waals surface area contributed by atoms with E-state index in [-0.39, 0.29) is 5.91 Å². The number of amides is 1. The lowest BCUT2D eigenvalue weighted by atomic mass is 10.2. The normalized spacial score (nSPS) is 13.1. The van der Waals surface area contributed by atoms with Crippen molar-refractivity contribution in [3.8, 4) is 5.69 Å². The molecule has 4 rings (SSSR count). The van der Waals surface area contributed by atoms with Crippen molar-refractivity contribution in [2.75, 3.05) is 5.32 Å². The number of fused-ring (bicyclic) bond motifs is 1. The Bertz CT molecular complexity index is 804. The number of aryl methyl sites for hydroxylation is 1. The Hall–Kier alpha value is -2.82. The first-order valence-electron chi connectivity index (χ1n) is 7.32. The zero-order chi connectivity index (χ0) is 14.9. The Labute approximate surface area is 127 Å². The molecule has 110 valence electrons. The summed E-state index contributed by atoms with van der Waals surface area (Å²) < 4.78 is 6.80. The highest BCUT2D eigenvalue weighted by molar-refractivity contribution is 6.04. The van der Waals surface area contributed by atoms with Gasteiger partial charge in [0.25, 0.3) is 5.91 Å². The molecule has 2 aromatic heterocycles. The summed E-state index contributed by atoms with van der Waals surface area (Å²) in [5.74, 6) is 0.588. The number of furan rings is 1. The van der Waals surface area contributed by atoms with E-state index < -0.39 is 0 Å². The van der Waals surface area contributed by atoms with E-state index in [0.717, 1.165) is 42.0 Å². The van der Waals surface area contributed by atoms with Gasteiger partial charge in [-0.15, -0.1) is 0 Å². The van der Waals surface area contributed by atoms with Crippen LogP contribution < -0.4 is 5.32 Å². The van der Waals surface area contributed by atoms with Crippen LogP contribution in [0.2, 0.25) is 0 Å². The molecule has 0 saturated carbocycles. The number of nitrogens with one attached hydrogen (secondary N) is 1. The first-order valence-corrected chi connectivity index (χ1v) is 7.32. The van der Waals surface area contributed by atoms with Crippen molar-refractivity contribution in [1.29, 1.82) is 0 Å².